The van der Waals surface area contributed by atoms with Gasteiger partial charge in [0.15, 0.2) is 0 Å². The van der Waals surface area contributed by atoms with Crippen molar-refractivity contribution in [2.45, 2.75) is 19.4 Å². The van der Waals surface area contributed by atoms with Crippen molar-refractivity contribution in [3.05, 3.63) is 143 Å². The zero-order valence-corrected chi connectivity index (χ0v) is 22.2. The summed E-state index contributed by atoms with van der Waals surface area (Å²) in [6.45, 7) is 0.730. The van der Waals surface area contributed by atoms with Gasteiger partial charge in [-0.25, -0.2) is 9.97 Å². The minimum absolute atomic E-state index is 0.176. The Morgan fingerprint density at radius 3 is 2.10 bits per heavy atom. The Hall–Kier alpha value is -5.43. The second-order valence-corrected chi connectivity index (χ2v) is 10.0. The molecule has 0 aliphatic carbocycles. The van der Waals surface area contributed by atoms with Crippen molar-refractivity contribution in [3.63, 3.8) is 0 Å². The number of aromatic amines is 1. The van der Waals surface area contributed by atoms with Gasteiger partial charge in [0.2, 0.25) is 0 Å². The molecule has 0 bridgehead atoms. The van der Waals surface area contributed by atoms with E-state index in [1.54, 1.807) is 12.4 Å². The summed E-state index contributed by atoms with van der Waals surface area (Å²) in [4.78, 5) is 34.1. The molecule has 4 heterocycles. The van der Waals surface area contributed by atoms with Gasteiger partial charge in [0, 0.05) is 43.3 Å². The van der Waals surface area contributed by atoms with Gasteiger partial charge >= 0.3 is 0 Å². The highest BCUT2D eigenvalue weighted by Gasteiger charge is 2.16. The third-order valence-corrected chi connectivity index (χ3v) is 7.38. The number of aromatic nitrogens is 6. The van der Waals surface area contributed by atoms with Crippen molar-refractivity contribution >= 4 is 22.1 Å². The molecule has 0 radical (unpaired) electrons. The molecule has 0 saturated heterocycles. The predicted octanol–water partition coefficient (Wildman–Crippen LogP) is 6.23. The summed E-state index contributed by atoms with van der Waals surface area (Å²) < 4.78 is 2.25. The average Bonchev–Trinajstić information content (AvgIpc) is 3.38. The third kappa shape index (κ3) is 5.01. The number of rotatable bonds is 7. The van der Waals surface area contributed by atoms with E-state index in [1.807, 2.05) is 79.1 Å². The largest absolute Gasteiger partial charge is 0.324 e. The van der Waals surface area contributed by atoms with Gasteiger partial charge < -0.3 is 9.55 Å². The van der Waals surface area contributed by atoms with Gasteiger partial charge in [-0.3, -0.25) is 14.8 Å². The highest BCUT2D eigenvalue weighted by atomic mass is 16.1. The number of imidazole rings is 1. The first-order valence-corrected chi connectivity index (χ1v) is 13.6. The molecule has 41 heavy (non-hydrogen) atoms. The lowest BCUT2D eigenvalue weighted by atomic mass is 10.0. The van der Waals surface area contributed by atoms with Crippen LogP contribution in [0.25, 0.3) is 44.6 Å². The molecule has 0 amide bonds. The van der Waals surface area contributed by atoms with Gasteiger partial charge in [0.25, 0.3) is 5.56 Å². The van der Waals surface area contributed by atoms with E-state index in [-0.39, 0.29) is 5.56 Å². The van der Waals surface area contributed by atoms with Crippen LogP contribution in [0.5, 0.6) is 0 Å². The third-order valence-electron chi connectivity index (χ3n) is 7.38. The molecule has 7 rings (SSSR count). The minimum Gasteiger partial charge on any atom is -0.324 e. The molecule has 0 unspecified atom stereocenters. The van der Waals surface area contributed by atoms with Crippen molar-refractivity contribution < 1.29 is 0 Å². The maximum atomic E-state index is 12.9. The fourth-order valence-electron chi connectivity index (χ4n) is 5.25. The van der Waals surface area contributed by atoms with Crippen molar-refractivity contribution in [2.24, 2.45) is 0 Å². The number of benzene rings is 3. The van der Waals surface area contributed by atoms with Crippen LogP contribution in [-0.4, -0.2) is 29.5 Å². The van der Waals surface area contributed by atoms with Crippen LogP contribution in [0.1, 0.15) is 16.8 Å². The first-order chi connectivity index (χ1) is 20.2. The zero-order valence-electron chi connectivity index (χ0n) is 22.2. The van der Waals surface area contributed by atoms with Gasteiger partial charge in [-0.15, -0.1) is 0 Å². The Bertz CT molecular complexity index is 2020. The molecule has 0 aliphatic rings. The number of aryl methyl sites for hydroxylation is 2. The van der Waals surface area contributed by atoms with E-state index in [0.717, 1.165) is 57.6 Å². The zero-order chi connectivity index (χ0) is 27.6. The molecule has 7 nitrogen and oxygen atoms in total. The van der Waals surface area contributed by atoms with Crippen LogP contribution in [-0.2, 0) is 19.4 Å². The Morgan fingerprint density at radius 2 is 1.34 bits per heavy atom. The van der Waals surface area contributed by atoms with Crippen molar-refractivity contribution in [2.75, 3.05) is 0 Å². The minimum atomic E-state index is -0.176. The molecule has 198 valence electrons. The average molecular weight is 535 g/mol. The smallest absolute Gasteiger partial charge is 0.270 e. The molecule has 0 aliphatic heterocycles. The molecule has 0 saturated carbocycles. The molecule has 1 N–H and O–H groups in total. The van der Waals surface area contributed by atoms with Crippen molar-refractivity contribution in [1.29, 1.82) is 0 Å². The SMILES string of the molecule is O=c1[nH]c2cc3nc(-c4ccc(-c5ccncc5)cc4)n(CCc4ccncc4)c3cc2nc1Cc1ccccc1. The first-order valence-electron chi connectivity index (χ1n) is 13.6. The van der Waals surface area contributed by atoms with Crippen LogP contribution >= 0.6 is 0 Å². The fourth-order valence-corrected chi connectivity index (χ4v) is 5.25. The highest BCUT2D eigenvalue weighted by Crippen LogP contribution is 2.29. The lowest BCUT2D eigenvalue weighted by Crippen LogP contribution is -2.15. The lowest BCUT2D eigenvalue weighted by molar-refractivity contribution is 0.722. The van der Waals surface area contributed by atoms with Crippen molar-refractivity contribution in [1.82, 2.24) is 29.5 Å². The first kappa shape index (κ1) is 24.6. The number of nitrogens with one attached hydrogen (secondary N) is 1. The number of pyridine rings is 2. The predicted molar refractivity (Wildman–Crippen MR) is 162 cm³/mol. The Morgan fingerprint density at radius 1 is 0.659 bits per heavy atom. The quantitative estimate of drug-likeness (QED) is 0.262. The normalized spacial score (nSPS) is 11.3. The molecular weight excluding hydrogens is 508 g/mol. The summed E-state index contributed by atoms with van der Waals surface area (Å²) >= 11 is 0. The molecule has 0 spiro atoms. The van der Waals surface area contributed by atoms with E-state index in [2.05, 4.69) is 43.8 Å². The van der Waals surface area contributed by atoms with Gasteiger partial charge in [-0.1, -0.05) is 54.6 Å². The summed E-state index contributed by atoms with van der Waals surface area (Å²) in [5.74, 6) is 0.873. The maximum Gasteiger partial charge on any atom is 0.270 e. The Balaban J connectivity index is 1.33. The summed E-state index contributed by atoms with van der Waals surface area (Å²) in [6.07, 6.45) is 8.54. The number of hydrogen-bond acceptors (Lipinski definition) is 5. The lowest BCUT2D eigenvalue weighted by Gasteiger charge is -2.11. The molecule has 0 fully saturated rings. The molecule has 3 aromatic carbocycles. The van der Waals surface area contributed by atoms with E-state index < -0.39 is 0 Å². The monoisotopic (exact) mass is 534 g/mol. The molecule has 0 atom stereocenters. The van der Waals surface area contributed by atoms with E-state index in [1.165, 1.54) is 5.56 Å². The van der Waals surface area contributed by atoms with E-state index in [9.17, 15) is 4.79 Å². The van der Waals surface area contributed by atoms with E-state index in [0.29, 0.717) is 17.6 Å². The molecular formula is C34H26N6O. The van der Waals surface area contributed by atoms with Crippen LogP contribution in [0.2, 0.25) is 0 Å². The number of H-pyrrole nitrogens is 1. The fraction of sp³-hybridized carbons (Fsp3) is 0.0882. The van der Waals surface area contributed by atoms with Crippen LogP contribution in [0, 0.1) is 0 Å². The van der Waals surface area contributed by atoms with Crippen LogP contribution < -0.4 is 5.56 Å². The number of fused-ring (bicyclic) bond motifs is 2. The summed E-state index contributed by atoms with van der Waals surface area (Å²) in [6, 6.07) is 30.4. The standard InChI is InChI=1S/C34H26N6O/c41-34-31(20-24-4-2-1-3-5-24)37-29-22-32-30(21-28(29)39-34)38-33(40(32)19-14-23-10-15-35-16-11-23)27-8-6-25(7-9-27)26-12-17-36-18-13-26/h1-13,15-18,21-22H,14,19-20H2,(H,39,41). The van der Waals surface area contributed by atoms with Gasteiger partial charge in [-0.05, 0) is 65.1 Å². The van der Waals surface area contributed by atoms with Crippen LogP contribution in [0.4, 0.5) is 0 Å². The Labute approximate surface area is 236 Å². The second kappa shape index (κ2) is 10.6. The van der Waals surface area contributed by atoms with Crippen molar-refractivity contribution in [3.8, 4) is 22.5 Å². The number of hydrogen-bond donors (Lipinski definition) is 1. The maximum absolute atomic E-state index is 12.9. The highest BCUT2D eigenvalue weighted by molar-refractivity contribution is 5.93. The molecule has 7 aromatic rings. The second-order valence-electron chi connectivity index (χ2n) is 10.0. The van der Waals surface area contributed by atoms with Crippen LogP contribution in [0.3, 0.4) is 0 Å². The summed E-state index contributed by atoms with van der Waals surface area (Å²) in [7, 11) is 0. The number of nitrogens with zero attached hydrogens (tertiary/aromatic N) is 5. The van der Waals surface area contributed by atoms with Gasteiger partial charge in [0.05, 0.1) is 22.1 Å². The Kier molecular flexibility index (Phi) is 6.37. The summed E-state index contributed by atoms with van der Waals surface area (Å²) in [5, 5.41) is 0. The summed E-state index contributed by atoms with van der Waals surface area (Å²) in [5.41, 5.74) is 9.04. The van der Waals surface area contributed by atoms with E-state index >= 15 is 0 Å². The molecule has 4 aromatic heterocycles. The topological polar surface area (TPSA) is 89.4 Å². The van der Waals surface area contributed by atoms with Gasteiger partial charge in [0.1, 0.15) is 11.5 Å². The molecule has 7 heteroatoms. The van der Waals surface area contributed by atoms with E-state index in [4.69, 9.17) is 9.97 Å². The van der Waals surface area contributed by atoms with Crippen LogP contribution in [0.15, 0.2) is 121 Å². The van der Waals surface area contributed by atoms with Gasteiger partial charge in [-0.2, -0.15) is 0 Å².